The van der Waals surface area contributed by atoms with Gasteiger partial charge in [0.05, 0.1) is 15.6 Å². The molecule has 0 aliphatic rings. The molecule has 0 aliphatic carbocycles. The maximum absolute atomic E-state index is 10.9. The second kappa shape index (κ2) is 6.36. The lowest BCUT2D eigenvalue weighted by atomic mass is 10.1. The normalized spacial score (nSPS) is 12.4. The lowest BCUT2D eigenvalue weighted by Gasteiger charge is -2.13. The summed E-state index contributed by atoms with van der Waals surface area (Å²) in [7, 11) is 1.91. The molecule has 1 N–H and O–H groups in total. The fraction of sp³-hybridized carbons (Fsp3) is 0.357. The smallest absolute Gasteiger partial charge is 0.283 e. The molecule has 21 heavy (non-hydrogen) atoms. The van der Waals surface area contributed by atoms with E-state index in [4.69, 9.17) is 0 Å². The topological polar surface area (TPSA) is 73.0 Å². The molecular formula is C14H17BrN4O2. The van der Waals surface area contributed by atoms with Crippen molar-refractivity contribution in [3.05, 3.63) is 55.8 Å². The average Bonchev–Trinajstić information content (AvgIpc) is 2.77. The van der Waals surface area contributed by atoms with Crippen molar-refractivity contribution in [2.45, 2.75) is 26.4 Å². The number of nitro groups is 1. The monoisotopic (exact) mass is 352 g/mol. The van der Waals surface area contributed by atoms with Crippen LogP contribution in [-0.4, -0.2) is 14.7 Å². The van der Waals surface area contributed by atoms with Crippen molar-refractivity contribution >= 4 is 21.6 Å². The molecule has 6 nitrogen and oxygen atoms in total. The van der Waals surface area contributed by atoms with E-state index in [-0.39, 0.29) is 16.7 Å². The van der Waals surface area contributed by atoms with Gasteiger partial charge in [0.25, 0.3) is 5.69 Å². The van der Waals surface area contributed by atoms with Crippen LogP contribution < -0.4 is 5.32 Å². The molecule has 1 atom stereocenters. The third-order valence-corrected chi connectivity index (χ3v) is 4.23. The van der Waals surface area contributed by atoms with Gasteiger partial charge >= 0.3 is 0 Å². The maximum Gasteiger partial charge on any atom is 0.283 e. The van der Waals surface area contributed by atoms with Crippen LogP contribution in [0.2, 0.25) is 0 Å². The minimum absolute atomic E-state index is 0.0829. The van der Waals surface area contributed by atoms with E-state index in [0.717, 1.165) is 16.8 Å². The molecule has 0 spiro atoms. The van der Waals surface area contributed by atoms with Gasteiger partial charge in [-0.1, -0.05) is 6.07 Å². The van der Waals surface area contributed by atoms with Crippen LogP contribution in [0.25, 0.3) is 0 Å². The van der Waals surface area contributed by atoms with Gasteiger partial charge < -0.3 is 5.32 Å². The SMILES string of the molecule is Cc1c(C(C)NCc2ccc(Br)c([N+](=O)[O-])c2)cnn1C. The van der Waals surface area contributed by atoms with Gasteiger partial charge in [-0.15, -0.1) is 0 Å². The summed E-state index contributed by atoms with van der Waals surface area (Å²) in [5, 5.41) is 18.5. The summed E-state index contributed by atoms with van der Waals surface area (Å²) < 4.78 is 2.32. The Morgan fingerprint density at radius 3 is 2.81 bits per heavy atom. The molecule has 1 aromatic heterocycles. The first kappa shape index (κ1) is 15.7. The molecule has 0 amide bonds. The zero-order valence-electron chi connectivity index (χ0n) is 12.1. The van der Waals surface area contributed by atoms with E-state index in [1.165, 1.54) is 0 Å². The molecule has 0 saturated carbocycles. The average molecular weight is 353 g/mol. The van der Waals surface area contributed by atoms with Crippen LogP contribution in [0.15, 0.2) is 28.9 Å². The zero-order chi connectivity index (χ0) is 15.6. The third-order valence-electron chi connectivity index (χ3n) is 3.56. The summed E-state index contributed by atoms with van der Waals surface area (Å²) in [6.07, 6.45) is 1.84. The molecule has 1 heterocycles. The summed E-state index contributed by atoms with van der Waals surface area (Å²) in [4.78, 5) is 10.5. The van der Waals surface area contributed by atoms with Crippen LogP contribution in [-0.2, 0) is 13.6 Å². The van der Waals surface area contributed by atoms with Crippen molar-refractivity contribution in [3.8, 4) is 0 Å². The van der Waals surface area contributed by atoms with E-state index in [2.05, 4.69) is 33.3 Å². The quantitative estimate of drug-likeness (QED) is 0.662. The molecule has 0 radical (unpaired) electrons. The number of aryl methyl sites for hydroxylation is 1. The molecule has 112 valence electrons. The Morgan fingerprint density at radius 2 is 2.24 bits per heavy atom. The fourth-order valence-corrected chi connectivity index (χ4v) is 2.52. The highest BCUT2D eigenvalue weighted by Gasteiger charge is 2.14. The molecular weight excluding hydrogens is 336 g/mol. The van der Waals surface area contributed by atoms with Crippen molar-refractivity contribution in [3.63, 3.8) is 0 Å². The highest BCUT2D eigenvalue weighted by molar-refractivity contribution is 9.10. The highest BCUT2D eigenvalue weighted by Crippen LogP contribution is 2.26. The molecule has 1 aromatic carbocycles. The Balaban J connectivity index is 2.08. The van der Waals surface area contributed by atoms with Gasteiger partial charge in [-0.3, -0.25) is 14.8 Å². The van der Waals surface area contributed by atoms with Crippen molar-refractivity contribution in [2.24, 2.45) is 7.05 Å². The summed E-state index contributed by atoms with van der Waals surface area (Å²) >= 11 is 3.19. The first-order valence-electron chi connectivity index (χ1n) is 6.55. The van der Waals surface area contributed by atoms with Crippen LogP contribution in [0.3, 0.4) is 0 Å². The van der Waals surface area contributed by atoms with Crippen LogP contribution in [0.5, 0.6) is 0 Å². The highest BCUT2D eigenvalue weighted by atomic mass is 79.9. The van der Waals surface area contributed by atoms with Gasteiger partial charge in [0.1, 0.15) is 0 Å². The van der Waals surface area contributed by atoms with Gasteiger partial charge in [-0.2, -0.15) is 5.10 Å². The molecule has 2 aromatic rings. The first-order chi connectivity index (χ1) is 9.90. The molecule has 1 unspecified atom stereocenters. The summed E-state index contributed by atoms with van der Waals surface area (Å²) in [5.41, 5.74) is 3.19. The van der Waals surface area contributed by atoms with Crippen molar-refractivity contribution in [1.29, 1.82) is 0 Å². The number of nitro benzene ring substituents is 1. The molecule has 0 saturated heterocycles. The predicted octanol–water partition coefficient (Wildman–Crippen LogP) is 3.25. The van der Waals surface area contributed by atoms with E-state index in [0.29, 0.717) is 11.0 Å². The Labute approximate surface area is 131 Å². The van der Waals surface area contributed by atoms with Gasteiger partial charge in [0.2, 0.25) is 0 Å². The Morgan fingerprint density at radius 1 is 1.52 bits per heavy atom. The molecule has 0 aliphatic heterocycles. The van der Waals surface area contributed by atoms with Crippen LogP contribution in [0, 0.1) is 17.0 Å². The Hall–Kier alpha value is -1.73. The number of halogens is 1. The second-order valence-corrected chi connectivity index (χ2v) is 5.81. The van der Waals surface area contributed by atoms with Gasteiger partial charge in [0, 0.05) is 37.0 Å². The maximum atomic E-state index is 10.9. The minimum atomic E-state index is -0.387. The number of benzene rings is 1. The third kappa shape index (κ3) is 3.48. The van der Waals surface area contributed by atoms with Crippen molar-refractivity contribution in [1.82, 2.24) is 15.1 Å². The Kier molecular flexibility index (Phi) is 4.74. The van der Waals surface area contributed by atoms with E-state index in [1.54, 1.807) is 12.1 Å². The van der Waals surface area contributed by atoms with Crippen molar-refractivity contribution in [2.75, 3.05) is 0 Å². The second-order valence-electron chi connectivity index (χ2n) is 4.95. The van der Waals surface area contributed by atoms with E-state index < -0.39 is 0 Å². The number of aromatic nitrogens is 2. The van der Waals surface area contributed by atoms with Crippen LogP contribution >= 0.6 is 15.9 Å². The standard InChI is InChI=1S/C14H17BrN4O2/c1-9(12-8-17-18(3)10(12)2)16-7-11-4-5-13(15)14(6-11)19(20)21/h4-6,8-9,16H,7H2,1-3H3. The lowest BCUT2D eigenvalue weighted by Crippen LogP contribution is -2.18. The summed E-state index contributed by atoms with van der Waals surface area (Å²) in [6.45, 7) is 4.63. The number of hydrogen-bond donors (Lipinski definition) is 1. The molecule has 0 fully saturated rings. The van der Waals surface area contributed by atoms with Crippen molar-refractivity contribution < 1.29 is 4.92 Å². The zero-order valence-corrected chi connectivity index (χ0v) is 13.7. The summed E-state index contributed by atoms with van der Waals surface area (Å²) in [5.74, 6) is 0. The number of hydrogen-bond acceptors (Lipinski definition) is 4. The van der Waals surface area contributed by atoms with Gasteiger partial charge in [-0.25, -0.2) is 0 Å². The van der Waals surface area contributed by atoms with E-state index >= 15 is 0 Å². The van der Waals surface area contributed by atoms with Gasteiger partial charge in [-0.05, 0) is 41.4 Å². The lowest BCUT2D eigenvalue weighted by molar-refractivity contribution is -0.385. The molecule has 0 bridgehead atoms. The predicted molar refractivity (Wildman–Crippen MR) is 84.0 cm³/mol. The van der Waals surface area contributed by atoms with Crippen LogP contribution in [0.4, 0.5) is 5.69 Å². The van der Waals surface area contributed by atoms with E-state index in [9.17, 15) is 10.1 Å². The van der Waals surface area contributed by atoms with Crippen LogP contribution in [0.1, 0.15) is 29.8 Å². The molecule has 2 rings (SSSR count). The fourth-order valence-electron chi connectivity index (χ4n) is 2.13. The summed E-state index contributed by atoms with van der Waals surface area (Å²) in [6, 6.07) is 5.28. The van der Waals surface area contributed by atoms with Gasteiger partial charge in [0.15, 0.2) is 0 Å². The number of rotatable bonds is 5. The largest absolute Gasteiger partial charge is 0.306 e. The number of nitrogens with one attached hydrogen (secondary N) is 1. The first-order valence-corrected chi connectivity index (χ1v) is 7.34. The van der Waals surface area contributed by atoms with E-state index in [1.807, 2.05) is 30.9 Å². The number of nitrogens with zero attached hydrogens (tertiary/aromatic N) is 3. The minimum Gasteiger partial charge on any atom is -0.306 e. The molecule has 7 heteroatoms. The Bertz CT molecular complexity index is 669.